The average Bonchev–Trinajstić information content (AvgIpc) is 2.90. The third-order valence-electron chi connectivity index (χ3n) is 7.00. The summed E-state index contributed by atoms with van der Waals surface area (Å²) in [5, 5.41) is 12.0. The van der Waals surface area contributed by atoms with Crippen molar-refractivity contribution in [2.75, 3.05) is 65.2 Å². The fraction of sp³-hybridized carbons (Fsp3) is 0.500. The number of hydrogen-bond donors (Lipinski definition) is 1. The van der Waals surface area contributed by atoms with Crippen molar-refractivity contribution >= 4 is 15.9 Å². The second-order valence-corrected chi connectivity index (χ2v) is 12.2. The van der Waals surface area contributed by atoms with Gasteiger partial charge < -0.3 is 14.8 Å². The van der Waals surface area contributed by atoms with Gasteiger partial charge in [-0.15, -0.1) is 0 Å². The van der Waals surface area contributed by atoms with E-state index in [0.717, 1.165) is 5.56 Å². The van der Waals surface area contributed by atoms with Crippen molar-refractivity contribution in [3.63, 3.8) is 0 Å². The summed E-state index contributed by atoms with van der Waals surface area (Å²) in [5.74, 6) is 0.589. The second kappa shape index (κ2) is 13.4. The number of rotatable bonds is 12. The third kappa shape index (κ3) is 8.74. The van der Waals surface area contributed by atoms with Crippen molar-refractivity contribution in [2.24, 2.45) is 0 Å². The number of nitriles is 1. The number of morpholine rings is 2. The highest BCUT2D eigenvalue weighted by Gasteiger charge is 2.35. The number of fused-ring (bicyclic) bond motifs is 2. The Morgan fingerprint density at radius 3 is 2.33 bits per heavy atom. The van der Waals surface area contributed by atoms with Gasteiger partial charge in [-0.05, 0) is 36.8 Å². The molecule has 4 rings (SSSR count). The summed E-state index contributed by atoms with van der Waals surface area (Å²) in [7, 11) is -3.40. The number of amides is 1. The molecule has 0 saturated carbocycles. The first-order valence-corrected chi connectivity index (χ1v) is 15.1. The fourth-order valence-electron chi connectivity index (χ4n) is 5.08. The Bertz CT molecular complexity index is 1220. The van der Waals surface area contributed by atoms with Crippen LogP contribution in [-0.2, 0) is 19.6 Å². The maximum atomic E-state index is 12.7. The summed E-state index contributed by atoms with van der Waals surface area (Å²) < 4.78 is 38.0. The van der Waals surface area contributed by atoms with Gasteiger partial charge in [0.2, 0.25) is 15.9 Å². The molecule has 2 fully saturated rings. The van der Waals surface area contributed by atoms with E-state index in [2.05, 4.69) is 21.2 Å². The third-order valence-corrected chi connectivity index (χ3v) is 8.31. The van der Waals surface area contributed by atoms with Gasteiger partial charge in [0.05, 0.1) is 42.7 Å². The Labute approximate surface area is 231 Å². The quantitative estimate of drug-likeness (QED) is 0.419. The number of nitrogens with zero attached hydrogens (tertiary/aromatic N) is 4. The van der Waals surface area contributed by atoms with Gasteiger partial charge in [0.1, 0.15) is 12.4 Å². The molecule has 2 aliphatic heterocycles. The van der Waals surface area contributed by atoms with Gasteiger partial charge in [0.15, 0.2) is 0 Å². The summed E-state index contributed by atoms with van der Waals surface area (Å²) in [5.41, 5.74) is 1.61. The van der Waals surface area contributed by atoms with Gasteiger partial charge in [0, 0.05) is 45.8 Å². The van der Waals surface area contributed by atoms with Crippen molar-refractivity contribution < 1.29 is 22.7 Å². The van der Waals surface area contributed by atoms with E-state index < -0.39 is 10.0 Å². The van der Waals surface area contributed by atoms with E-state index in [9.17, 15) is 13.2 Å². The lowest BCUT2D eigenvalue weighted by Gasteiger charge is -2.46. The van der Waals surface area contributed by atoms with E-state index in [-0.39, 0.29) is 37.3 Å². The molecule has 0 aliphatic carbocycles. The fourth-order valence-corrected chi connectivity index (χ4v) is 5.89. The Morgan fingerprint density at radius 1 is 1.08 bits per heavy atom. The van der Waals surface area contributed by atoms with Gasteiger partial charge in [-0.2, -0.15) is 9.57 Å². The van der Waals surface area contributed by atoms with E-state index >= 15 is 0 Å². The Morgan fingerprint density at radius 2 is 1.72 bits per heavy atom. The van der Waals surface area contributed by atoms with Crippen LogP contribution >= 0.6 is 0 Å². The van der Waals surface area contributed by atoms with Crippen LogP contribution in [0.1, 0.15) is 24.1 Å². The maximum absolute atomic E-state index is 12.7. The molecule has 2 aromatic rings. The zero-order valence-electron chi connectivity index (χ0n) is 22.5. The van der Waals surface area contributed by atoms with Crippen LogP contribution in [0.4, 0.5) is 0 Å². The molecule has 2 aliphatic rings. The van der Waals surface area contributed by atoms with Gasteiger partial charge in [-0.3, -0.25) is 14.6 Å². The molecule has 2 bridgehead atoms. The Hall–Kier alpha value is -3.01. The molecule has 10 nitrogen and oxygen atoms in total. The molecule has 3 atom stereocenters. The molecule has 1 amide bonds. The van der Waals surface area contributed by atoms with E-state index in [1.54, 1.807) is 24.3 Å². The van der Waals surface area contributed by atoms with Gasteiger partial charge in [0.25, 0.3) is 0 Å². The normalized spacial score (nSPS) is 20.8. The molecule has 3 unspecified atom stereocenters. The number of carbonyl (C=O) groups is 1. The first-order valence-electron chi connectivity index (χ1n) is 13.2. The predicted molar refractivity (Wildman–Crippen MR) is 148 cm³/mol. The summed E-state index contributed by atoms with van der Waals surface area (Å²) in [4.78, 5) is 17.1. The highest BCUT2D eigenvalue weighted by atomic mass is 32.2. The summed E-state index contributed by atoms with van der Waals surface area (Å²) in [6.45, 7) is 6.42. The van der Waals surface area contributed by atoms with Crippen LogP contribution < -0.4 is 10.1 Å². The topological polar surface area (TPSA) is 115 Å². The zero-order valence-corrected chi connectivity index (χ0v) is 23.3. The van der Waals surface area contributed by atoms with Crippen LogP contribution in [0.5, 0.6) is 5.75 Å². The number of hydrogen-bond acceptors (Lipinski definition) is 8. The maximum Gasteiger partial charge on any atom is 0.234 e. The minimum Gasteiger partial charge on any atom is -0.492 e. The second-order valence-electron chi connectivity index (χ2n) is 10.2. The SMILES string of the molecule is CC(NC(=O)CN1CC2CN(CCN(CCOc3ccc(C#N)cc3)S(C)(=O)=O)CC(C1)O2)c1ccccc1. The number of ether oxygens (including phenoxy) is 2. The van der Waals surface area contributed by atoms with Crippen molar-refractivity contribution in [3.8, 4) is 11.8 Å². The minimum absolute atomic E-state index is 0.00444. The molecule has 2 saturated heterocycles. The van der Waals surface area contributed by atoms with Crippen LogP contribution in [0.3, 0.4) is 0 Å². The van der Waals surface area contributed by atoms with E-state index in [1.165, 1.54) is 10.6 Å². The molecular formula is C28H37N5O5S. The van der Waals surface area contributed by atoms with Crippen molar-refractivity contribution in [1.29, 1.82) is 5.26 Å². The molecule has 2 aromatic carbocycles. The highest BCUT2D eigenvalue weighted by Crippen LogP contribution is 2.20. The summed E-state index contributed by atoms with van der Waals surface area (Å²) in [6.07, 6.45) is 1.16. The highest BCUT2D eigenvalue weighted by molar-refractivity contribution is 7.88. The number of nitrogens with one attached hydrogen (secondary N) is 1. The number of carbonyl (C=O) groups excluding carboxylic acids is 1. The smallest absolute Gasteiger partial charge is 0.234 e. The molecule has 39 heavy (non-hydrogen) atoms. The van der Waals surface area contributed by atoms with Gasteiger partial charge >= 0.3 is 0 Å². The van der Waals surface area contributed by atoms with Crippen LogP contribution in [0.2, 0.25) is 0 Å². The first-order chi connectivity index (χ1) is 18.7. The molecule has 11 heteroatoms. The van der Waals surface area contributed by atoms with E-state index in [0.29, 0.717) is 57.1 Å². The van der Waals surface area contributed by atoms with Crippen molar-refractivity contribution in [3.05, 3.63) is 65.7 Å². The molecule has 0 spiro atoms. The molecular weight excluding hydrogens is 518 g/mol. The van der Waals surface area contributed by atoms with Gasteiger partial charge in [-0.25, -0.2) is 8.42 Å². The Balaban J connectivity index is 1.21. The largest absolute Gasteiger partial charge is 0.492 e. The predicted octanol–water partition coefficient (Wildman–Crippen LogP) is 1.46. The molecule has 0 radical (unpaired) electrons. The number of sulfonamides is 1. The van der Waals surface area contributed by atoms with E-state index in [1.807, 2.05) is 37.3 Å². The van der Waals surface area contributed by atoms with Gasteiger partial charge in [-0.1, -0.05) is 30.3 Å². The zero-order chi connectivity index (χ0) is 27.8. The lowest BCUT2D eigenvalue weighted by molar-refractivity contribution is -0.145. The molecule has 0 aromatic heterocycles. The first kappa shape index (κ1) is 29.0. The standard InChI is InChI=1S/C28H37N5O5S/c1-22(24-6-4-3-5-7-24)30-28(34)21-32-19-26-17-31(18-27(20-32)38-26)12-13-33(39(2,35)36)14-15-37-25-10-8-23(16-29)9-11-25/h3-11,22,26-27H,12-15,17-21H2,1-2H3,(H,30,34). The van der Waals surface area contributed by atoms with Crippen LogP contribution in [0, 0.1) is 11.3 Å². The molecule has 1 N–H and O–H groups in total. The van der Waals surface area contributed by atoms with Crippen LogP contribution in [0.25, 0.3) is 0 Å². The number of benzene rings is 2. The monoisotopic (exact) mass is 555 g/mol. The van der Waals surface area contributed by atoms with E-state index in [4.69, 9.17) is 14.7 Å². The molecule has 210 valence electrons. The summed E-state index contributed by atoms with van der Waals surface area (Å²) in [6, 6.07) is 18.6. The molecule has 2 heterocycles. The lowest BCUT2D eigenvalue weighted by atomic mass is 10.1. The summed E-state index contributed by atoms with van der Waals surface area (Å²) >= 11 is 0. The van der Waals surface area contributed by atoms with Crippen molar-refractivity contribution in [2.45, 2.75) is 25.2 Å². The van der Waals surface area contributed by atoms with Crippen LogP contribution in [-0.4, -0.2) is 106 Å². The van der Waals surface area contributed by atoms with Crippen LogP contribution in [0.15, 0.2) is 54.6 Å². The minimum atomic E-state index is -3.40. The van der Waals surface area contributed by atoms with Crippen molar-refractivity contribution in [1.82, 2.24) is 19.4 Å². The Kier molecular flexibility index (Phi) is 9.94. The average molecular weight is 556 g/mol. The lowest BCUT2D eigenvalue weighted by Crippen LogP contribution is -2.61.